The lowest BCUT2D eigenvalue weighted by atomic mass is 9.85. The van der Waals surface area contributed by atoms with E-state index in [4.69, 9.17) is 14.2 Å². The molecule has 0 radical (unpaired) electrons. The van der Waals surface area contributed by atoms with Crippen molar-refractivity contribution in [1.29, 1.82) is 0 Å². The number of urea groups is 1. The Hall–Kier alpha value is -5.27. The first-order valence-corrected chi connectivity index (χ1v) is 19.0. The highest BCUT2D eigenvalue weighted by Gasteiger charge is 2.50. The quantitative estimate of drug-likeness (QED) is 0.144. The van der Waals surface area contributed by atoms with Gasteiger partial charge in [-0.2, -0.15) is 0 Å². The molecule has 1 spiro atoms. The highest BCUT2D eigenvalue weighted by molar-refractivity contribution is 5.93. The molecule has 0 aromatic heterocycles. The number of likely N-dealkylation sites (tertiary alicyclic amines) is 1. The Kier molecular flexibility index (Phi) is 12.1. The number of piperidine rings is 1. The number of aliphatic hydroxyl groups excluding tert-OH is 1. The van der Waals surface area contributed by atoms with Crippen LogP contribution >= 0.6 is 0 Å². The maximum atomic E-state index is 13.3. The van der Waals surface area contributed by atoms with Crippen LogP contribution in [0.5, 0.6) is 0 Å². The van der Waals surface area contributed by atoms with Crippen molar-refractivity contribution < 1.29 is 33.7 Å². The molecule has 0 bridgehead atoms. The van der Waals surface area contributed by atoms with Crippen LogP contribution in [0.4, 0.5) is 10.5 Å². The SMILES string of the molecule is CCOC(=O)CNC(=O)NCc1cccc(-c2ccc([C@H]3O[C@@H](CN4CCC5(CC4)C(=O)NCN5c4ccccc4)C[C@@H](c4ccc(CO)cc4)O3)cc2)c1. The summed E-state index contributed by atoms with van der Waals surface area (Å²) in [4.78, 5) is 41.6. The molecule has 55 heavy (non-hydrogen) atoms. The number of ether oxygens (including phenoxy) is 3. The van der Waals surface area contributed by atoms with E-state index in [0.717, 1.165) is 65.0 Å². The van der Waals surface area contributed by atoms with Crippen LogP contribution in [0.25, 0.3) is 11.1 Å². The minimum absolute atomic E-state index is 0.0193. The zero-order valence-electron chi connectivity index (χ0n) is 31.1. The molecule has 12 nitrogen and oxygen atoms in total. The van der Waals surface area contributed by atoms with Crippen molar-refractivity contribution in [3.05, 3.63) is 125 Å². The Morgan fingerprint density at radius 3 is 2.35 bits per heavy atom. The van der Waals surface area contributed by atoms with Crippen molar-refractivity contribution in [2.75, 3.05) is 44.4 Å². The van der Waals surface area contributed by atoms with Crippen molar-refractivity contribution in [2.24, 2.45) is 0 Å². The summed E-state index contributed by atoms with van der Waals surface area (Å²) >= 11 is 0. The first kappa shape index (κ1) is 38.0. The monoisotopic (exact) mass is 747 g/mol. The van der Waals surface area contributed by atoms with Gasteiger partial charge in [-0.25, -0.2) is 4.79 Å². The molecule has 4 N–H and O–H groups in total. The average molecular weight is 748 g/mol. The molecule has 4 aromatic rings. The van der Waals surface area contributed by atoms with E-state index in [1.54, 1.807) is 6.92 Å². The molecule has 3 atom stereocenters. The highest BCUT2D eigenvalue weighted by atomic mass is 16.7. The molecule has 3 aliphatic rings. The van der Waals surface area contributed by atoms with E-state index in [9.17, 15) is 19.5 Å². The molecule has 0 saturated carbocycles. The summed E-state index contributed by atoms with van der Waals surface area (Å²) in [6.45, 7) is 4.85. The van der Waals surface area contributed by atoms with Gasteiger partial charge in [0.1, 0.15) is 12.1 Å². The van der Waals surface area contributed by atoms with Crippen molar-refractivity contribution in [1.82, 2.24) is 20.9 Å². The molecule has 3 aliphatic heterocycles. The second-order valence-electron chi connectivity index (χ2n) is 14.3. The number of benzene rings is 4. The lowest BCUT2D eigenvalue weighted by molar-refractivity contribution is -0.253. The summed E-state index contributed by atoms with van der Waals surface area (Å²) in [6.07, 6.45) is 1.22. The Bertz CT molecular complexity index is 1920. The predicted octanol–water partition coefficient (Wildman–Crippen LogP) is 5.18. The zero-order chi connectivity index (χ0) is 38.2. The van der Waals surface area contributed by atoms with Gasteiger partial charge in [0, 0.05) is 43.9 Å². The lowest BCUT2D eigenvalue weighted by Crippen LogP contribution is -2.57. The number of esters is 1. The van der Waals surface area contributed by atoms with Crippen molar-refractivity contribution in [3.63, 3.8) is 0 Å². The Morgan fingerprint density at radius 2 is 1.62 bits per heavy atom. The summed E-state index contributed by atoms with van der Waals surface area (Å²) in [6, 6.07) is 33.7. The molecule has 0 aliphatic carbocycles. The van der Waals surface area contributed by atoms with Gasteiger partial charge in [-0.15, -0.1) is 0 Å². The molecule has 3 heterocycles. The van der Waals surface area contributed by atoms with Crippen molar-refractivity contribution in [2.45, 2.75) is 63.4 Å². The van der Waals surface area contributed by atoms with E-state index in [-0.39, 0.29) is 37.9 Å². The minimum Gasteiger partial charge on any atom is -0.465 e. The van der Waals surface area contributed by atoms with E-state index in [1.165, 1.54) is 0 Å². The number of aliphatic hydroxyl groups is 1. The number of para-hydroxylation sites is 1. The Balaban J connectivity index is 1.01. The van der Waals surface area contributed by atoms with E-state index >= 15 is 0 Å². The third-order valence-corrected chi connectivity index (χ3v) is 10.8. The highest BCUT2D eigenvalue weighted by Crippen LogP contribution is 2.40. The number of hydrogen-bond acceptors (Lipinski definition) is 9. The molecule has 12 heteroatoms. The van der Waals surface area contributed by atoms with Gasteiger partial charge in [0.2, 0.25) is 5.91 Å². The van der Waals surface area contributed by atoms with Crippen LogP contribution in [0.3, 0.4) is 0 Å². The number of carbonyl (C=O) groups is 3. The topological polar surface area (TPSA) is 142 Å². The number of nitrogens with one attached hydrogen (secondary N) is 3. The van der Waals surface area contributed by atoms with Gasteiger partial charge < -0.3 is 45.1 Å². The minimum atomic E-state index is -0.593. The maximum Gasteiger partial charge on any atom is 0.325 e. The second kappa shape index (κ2) is 17.5. The summed E-state index contributed by atoms with van der Waals surface area (Å²) < 4.78 is 18.2. The van der Waals surface area contributed by atoms with Crippen LogP contribution in [0.2, 0.25) is 0 Å². The first-order chi connectivity index (χ1) is 26.8. The fourth-order valence-corrected chi connectivity index (χ4v) is 7.76. The molecule has 3 amide bonds. The Morgan fingerprint density at radius 1 is 0.873 bits per heavy atom. The number of nitrogens with zero attached hydrogens (tertiary/aromatic N) is 2. The third kappa shape index (κ3) is 9.00. The lowest BCUT2D eigenvalue weighted by Gasteiger charge is -2.45. The van der Waals surface area contributed by atoms with E-state index in [2.05, 4.69) is 37.9 Å². The Labute approximate surface area is 321 Å². The standard InChI is InChI=1S/C43H49N5O7/c1-2-53-39(50)26-45-42(52)44-25-31-7-6-8-35(23-31)32-15-17-34(18-16-32)40-54-37(24-38(55-40)33-13-11-30(28-49)12-14-33)27-47-21-19-43(20-22-47)41(51)46-29-48(43)36-9-4-3-5-10-36/h3-18,23,37-38,40,49H,2,19-22,24-29H2,1H3,(H,46,51)(H2,44,45,52)/t37-,38+,40+/m1/s1. The van der Waals surface area contributed by atoms with Crippen LogP contribution in [-0.4, -0.2) is 79.0 Å². The normalized spacial score (nSPS) is 20.9. The second-order valence-corrected chi connectivity index (χ2v) is 14.3. The maximum absolute atomic E-state index is 13.3. The van der Waals surface area contributed by atoms with E-state index in [0.29, 0.717) is 26.2 Å². The van der Waals surface area contributed by atoms with Gasteiger partial charge >= 0.3 is 12.0 Å². The van der Waals surface area contributed by atoms with Crippen molar-refractivity contribution >= 4 is 23.6 Å². The fraction of sp³-hybridized carbons (Fsp3) is 0.372. The van der Waals surface area contributed by atoms with Crippen LogP contribution in [-0.2, 0) is 37.0 Å². The van der Waals surface area contributed by atoms with Gasteiger partial charge in [-0.1, -0.05) is 84.9 Å². The summed E-state index contributed by atoms with van der Waals surface area (Å²) in [7, 11) is 0. The number of hydrogen-bond donors (Lipinski definition) is 4. The molecular weight excluding hydrogens is 699 g/mol. The number of amides is 3. The molecule has 0 unspecified atom stereocenters. The van der Waals surface area contributed by atoms with Crippen LogP contribution < -0.4 is 20.9 Å². The molecule has 7 rings (SSSR count). The van der Waals surface area contributed by atoms with Gasteiger partial charge in [0.15, 0.2) is 6.29 Å². The van der Waals surface area contributed by atoms with Gasteiger partial charge in [0.05, 0.1) is 32.1 Å². The molecule has 3 fully saturated rings. The van der Waals surface area contributed by atoms with Gasteiger partial charge in [-0.05, 0) is 65.8 Å². The number of anilines is 1. The number of carbonyl (C=O) groups excluding carboxylic acids is 3. The number of rotatable bonds is 12. The largest absolute Gasteiger partial charge is 0.465 e. The first-order valence-electron chi connectivity index (χ1n) is 19.0. The smallest absolute Gasteiger partial charge is 0.325 e. The predicted molar refractivity (Wildman–Crippen MR) is 208 cm³/mol. The van der Waals surface area contributed by atoms with Gasteiger partial charge in [0.25, 0.3) is 0 Å². The molecule has 4 aromatic carbocycles. The summed E-state index contributed by atoms with van der Waals surface area (Å²) in [5, 5.41) is 18.0. The average Bonchev–Trinajstić information content (AvgIpc) is 3.54. The zero-order valence-corrected chi connectivity index (χ0v) is 31.1. The van der Waals surface area contributed by atoms with Gasteiger partial charge in [-0.3, -0.25) is 9.59 Å². The fourth-order valence-electron chi connectivity index (χ4n) is 7.76. The van der Waals surface area contributed by atoms with E-state index < -0.39 is 23.8 Å². The van der Waals surface area contributed by atoms with Crippen LogP contribution in [0, 0.1) is 0 Å². The molecule has 288 valence electrons. The summed E-state index contributed by atoms with van der Waals surface area (Å²) in [5.74, 6) is -0.381. The van der Waals surface area contributed by atoms with Crippen LogP contribution in [0.15, 0.2) is 103 Å². The molecule has 3 saturated heterocycles. The van der Waals surface area contributed by atoms with Crippen LogP contribution in [0.1, 0.15) is 60.8 Å². The molecular formula is C43H49N5O7. The van der Waals surface area contributed by atoms with E-state index in [1.807, 2.05) is 91.0 Å². The summed E-state index contributed by atoms with van der Waals surface area (Å²) in [5.41, 5.74) is 6.20. The third-order valence-electron chi connectivity index (χ3n) is 10.8. The van der Waals surface area contributed by atoms with Crippen molar-refractivity contribution in [3.8, 4) is 11.1 Å².